The number of hydrogen-bond acceptors (Lipinski definition) is 5. The number of carbonyl (C=O) groups is 2. The molecule has 8 nitrogen and oxygen atoms in total. The lowest BCUT2D eigenvalue weighted by atomic mass is 10.2. The van der Waals surface area contributed by atoms with Gasteiger partial charge in [0.05, 0.1) is 29.5 Å². The van der Waals surface area contributed by atoms with Gasteiger partial charge in [0.1, 0.15) is 11.6 Å². The number of rotatable bonds is 4. The summed E-state index contributed by atoms with van der Waals surface area (Å²) in [6.45, 7) is 0. The van der Waals surface area contributed by atoms with Crippen LogP contribution in [-0.4, -0.2) is 23.8 Å². The maximum Gasteiger partial charge on any atom is 0.314 e. The van der Waals surface area contributed by atoms with Crippen molar-refractivity contribution in [2.24, 2.45) is 0 Å². The minimum Gasteiger partial charge on any atom is -0.494 e. The molecule has 0 bridgehead atoms. The van der Waals surface area contributed by atoms with Crippen molar-refractivity contribution in [2.45, 2.75) is 0 Å². The molecule has 2 aromatic carbocycles. The predicted molar refractivity (Wildman–Crippen MR) is 83.3 cm³/mol. The Balaban J connectivity index is 2.13. The summed E-state index contributed by atoms with van der Waals surface area (Å²) in [5, 5.41) is 15.1. The molecular formula is C15H12FN3O5. The van der Waals surface area contributed by atoms with E-state index in [2.05, 4.69) is 10.6 Å². The van der Waals surface area contributed by atoms with Crippen LogP contribution in [0.15, 0.2) is 42.5 Å². The van der Waals surface area contributed by atoms with Gasteiger partial charge in [0.2, 0.25) is 0 Å². The first-order valence-electron chi connectivity index (χ1n) is 6.61. The molecular weight excluding hydrogens is 321 g/mol. The number of non-ortho nitro benzene ring substituents is 1. The highest BCUT2D eigenvalue weighted by Gasteiger charge is 2.19. The molecule has 0 fully saturated rings. The first kappa shape index (κ1) is 16.9. The van der Waals surface area contributed by atoms with Crippen LogP contribution >= 0.6 is 0 Å². The van der Waals surface area contributed by atoms with Gasteiger partial charge in [0.25, 0.3) is 5.69 Å². The molecule has 0 aliphatic heterocycles. The average molecular weight is 333 g/mol. The number of carbonyl (C=O) groups excluding carboxylic acids is 2. The summed E-state index contributed by atoms with van der Waals surface area (Å²) in [5.74, 6) is -2.85. The van der Waals surface area contributed by atoms with Gasteiger partial charge in [-0.15, -0.1) is 0 Å². The second-order valence-electron chi connectivity index (χ2n) is 4.53. The van der Waals surface area contributed by atoms with Crippen LogP contribution in [0.25, 0.3) is 0 Å². The maximum absolute atomic E-state index is 13.4. The number of nitrogens with one attached hydrogen (secondary N) is 2. The average Bonchev–Trinajstić information content (AvgIpc) is 2.56. The Morgan fingerprint density at radius 2 is 1.71 bits per heavy atom. The fraction of sp³-hybridized carbons (Fsp3) is 0.0667. The molecule has 0 atom stereocenters. The van der Waals surface area contributed by atoms with Gasteiger partial charge in [-0.1, -0.05) is 12.1 Å². The molecule has 24 heavy (non-hydrogen) atoms. The summed E-state index contributed by atoms with van der Waals surface area (Å²) in [6.07, 6.45) is 0. The van der Waals surface area contributed by atoms with Crippen LogP contribution in [0.4, 0.5) is 21.5 Å². The maximum atomic E-state index is 13.4. The van der Waals surface area contributed by atoms with Crippen molar-refractivity contribution in [1.29, 1.82) is 0 Å². The fourth-order valence-corrected chi connectivity index (χ4v) is 1.82. The van der Waals surface area contributed by atoms with E-state index >= 15 is 0 Å². The molecule has 2 amide bonds. The Kier molecular flexibility index (Phi) is 5.05. The van der Waals surface area contributed by atoms with Gasteiger partial charge >= 0.3 is 11.8 Å². The minimum absolute atomic E-state index is 0.0104. The van der Waals surface area contributed by atoms with Crippen molar-refractivity contribution in [3.63, 3.8) is 0 Å². The zero-order chi connectivity index (χ0) is 17.7. The molecule has 0 spiro atoms. The Labute approximate surface area is 135 Å². The van der Waals surface area contributed by atoms with Crippen molar-refractivity contribution in [3.05, 3.63) is 58.4 Å². The van der Waals surface area contributed by atoms with E-state index in [4.69, 9.17) is 4.74 Å². The van der Waals surface area contributed by atoms with Gasteiger partial charge in [0, 0.05) is 6.07 Å². The fourth-order valence-electron chi connectivity index (χ4n) is 1.82. The lowest BCUT2D eigenvalue weighted by molar-refractivity contribution is -0.384. The number of nitro groups is 1. The number of benzene rings is 2. The highest BCUT2D eigenvalue weighted by atomic mass is 19.1. The number of halogens is 1. The second kappa shape index (κ2) is 7.18. The molecule has 2 N–H and O–H groups in total. The summed E-state index contributed by atoms with van der Waals surface area (Å²) in [5.41, 5.74) is -0.314. The van der Waals surface area contributed by atoms with E-state index in [9.17, 15) is 24.1 Å². The normalized spacial score (nSPS) is 9.92. The predicted octanol–water partition coefficient (Wildman–Crippen LogP) is 2.32. The molecule has 0 unspecified atom stereocenters. The highest BCUT2D eigenvalue weighted by molar-refractivity contribution is 6.43. The van der Waals surface area contributed by atoms with Crippen LogP contribution in [-0.2, 0) is 9.59 Å². The molecule has 0 aliphatic carbocycles. The summed E-state index contributed by atoms with van der Waals surface area (Å²) < 4.78 is 18.4. The van der Waals surface area contributed by atoms with Crippen LogP contribution in [0.5, 0.6) is 5.75 Å². The largest absolute Gasteiger partial charge is 0.494 e. The van der Waals surface area contributed by atoms with E-state index < -0.39 is 22.6 Å². The third kappa shape index (κ3) is 3.83. The Morgan fingerprint density at radius 1 is 1.08 bits per heavy atom. The van der Waals surface area contributed by atoms with E-state index in [0.29, 0.717) is 0 Å². The van der Waals surface area contributed by atoms with Crippen molar-refractivity contribution in [1.82, 2.24) is 0 Å². The van der Waals surface area contributed by atoms with E-state index in [-0.39, 0.29) is 22.8 Å². The summed E-state index contributed by atoms with van der Waals surface area (Å²) in [6, 6.07) is 8.84. The standard InChI is InChI=1S/C15H12FN3O5/c1-24-13-8-9(19(22)23)6-7-12(13)18-15(21)14(20)17-11-5-3-2-4-10(11)16/h2-8H,1H3,(H,17,20)(H,18,21). The molecule has 2 aromatic rings. The topological polar surface area (TPSA) is 111 Å². The molecule has 0 saturated heterocycles. The smallest absolute Gasteiger partial charge is 0.314 e. The molecule has 0 saturated carbocycles. The summed E-state index contributed by atoms with van der Waals surface area (Å²) in [7, 11) is 1.26. The molecule has 124 valence electrons. The van der Waals surface area contributed by atoms with Crippen molar-refractivity contribution >= 4 is 28.9 Å². The van der Waals surface area contributed by atoms with Crippen LogP contribution in [0.2, 0.25) is 0 Å². The SMILES string of the molecule is COc1cc([N+](=O)[O-])ccc1NC(=O)C(=O)Nc1ccccc1F. The van der Waals surface area contributed by atoms with Crippen molar-refractivity contribution in [2.75, 3.05) is 17.7 Å². The first-order chi connectivity index (χ1) is 11.4. The number of anilines is 2. The van der Waals surface area contributed by atoms with E-state index in [1.165, 1.54) is 31.4 Å². The number of amides is 2. The number of hydrogen-bond donors (Lipinski definition) is 2. The molecule has 2 rings (SSSR count). The lowest BCUT2D eigenvalue weighted by Gasteiger charge is -2.10. The first-order valence-corrected chi connectivity index (χ1v) is 6.61. The highest BCUT2D eigenvalue weighted by Crippen LogP contribution is 2.29. The van der Waals surface area contributed by atoms with Gasteiger partial charge in [-0.3, -0.25) is 19.7 Å². The van der Waals surface area contributed by atoms with Crippen molar-refractivity contribution in [3.8, 4) is 5.75 Å². The van der Waals surface area contributed by atoms with Gasteiger partial charge in [-0.25, -0.2) is 4.39 Å². The molecule has 0 aliphatic rings. The number of methoxy groups -OCH3 is 1. The summed E-state index contributed by atoms with van der Waals surface area (Å²) in [4.78, 5) is 33.8. The molecule has 0 heterocycles. The number of nitrogens with zero attached hydrogens (tertiary/aromatic N) is 1. The van der Waals surface area contributed by atoms with E-state index in [1.54, 1.807) is 0 Å². The van der Waals surface area contributed by atoms with Gasteiger partial charge in [-0.05, 0) is 18.2 Å². The van der Waals surface area contributed by atoms with E-state index in [0.717, 1.165) is 18.2 Å². The third-order valence-corrected chi connectivity index (χ3v) is 2.97. The van der Waals surface area contributed by atoms with Crippen LogP contribution in [0, 0.1) is 15.9 Å². The third-order valence-electron chi connectivity index (χ3n) is 2.97. The Hall–Kier alpha value is -3.49. The number of para-hydroxylation sites is 1. The Bertz CT molecular complexity index is 809. The van der Waals surface area contributed by atoms with Gasteiger partial charge in [-0.2, -0.15) is 0 Å². The molecule has 0 radical (unpaired) electrons. The van der Waals surface area contributed by atoms with Crippen molar-refractivity contribution < 1.29 is 23.6 Å². The monoisotopic (exact) mass is 333 g/mol. The van der Waals surface area contributed by atoms with Crippen LogP contribution in [0.1, 0.15) is 0 Å². The minimum atomic E-state index is -1.10. The van der Waals surface area contributed by atoms with E-state index in [1.807, 2.05) is 0 Å². The molecule has 9 heteroatoms. The quantitative estimate of drug-likeness (QED) is 0.507. The summed E-state index contributed by atoms with van der Waals surface area (Å²) >= 11 is 0. The Morgan fingerprint density at radius 3 is 2.29 bits per heavy atom. The second-order valence-corrected chi connectivity index (χ2v) is 4.53. The lowest BCUT2D eigenvalue weighted by Crippen LogP contribution is -2.29. The zero-order valence-electron chi connectivity index (χ0n) is 12.4. The van der Waals surface area contributed by atoms with Crippen LogP contribution in [0.3, 0.4) is 0 Å². The zero-order valence-corrected chi connectivity index (χ0v) is 12.4. The number of ether oxygens (including phenoxy) is 1. The van der Waals surface area contributed by atoms with Crippen LogP contribution < -0.4 is 15.4 Å². The van der Waals surface area contributed by atoms with Gasteiger partial charge < -0.3 is 15.4 Å². The molecule has 0 aromatic heterocycles. The van der Waals surface area contributed by atoms with Gasteiger partial charge in [0.15, 0.2) is 0 Å². The number of nitro benzene ring substituents is 1.